The van der Waals surface area contributed by atoms with Crippen LogP contribution in [0.1, 0.15) is 90.5 Å². The Bertz CT molecular complexity index is 1620. The summed E-state index contributed by atoms with van der Waals surface area (Å²) >= 11 is 19.6. The number of aromatic nitrogens is 3. The molecule has 2 N–H and O–H groups in total. The van der Waals surface area contributed by atoms with Crippen LogP contribution in [0.25, 0.3) is 11.3 Å². The van der Waals surface area contributed by atoms with Crippen LogP contribution in [0.4, 0.5) is 0 Å². The largest absolute Gasteiger partial charge is 0.489 e. The molecule has 2 aliphatic carbocycles. The van der Waals surface area contributed by atoms with E-state index in [2.05, 4.69) is 10.3 Å². The highest BCUT2D eigenvalue weighted by Gasteiger charge is 2.47. The van der Waals surface area contributed by atoms with E-state index in [1.807, 2.05) is 13.8 Å². The zero-order valence-electron chi connectivity index (χ0n) is 22.4. The molecular formula is C30H28Cl3N3O5. The normalized spacial score (nSPS) is 20.3. The first-order chi connectivity index (χ1) is 19.6. The van der Waals surface area contributed by atoms with E-state index in [-0.39, 0.29) is 24.3 Å². The minimum Gasteiger partial charge on any atom is -0.489 e. The Kier molecular flexibility index (Phi) is 7.30. The molecule has 8 nitrogen and oxygen atoms in total. The maximum Gasteiger partial charge on any atom is 0.356 e. The summed E-state index contributed by atoms with van der Waals surface area (Å²) in [5, 5.41) is 30.7. The molecule has 0 radical (unpaired) electrons. The van der Waals surface area contributed by atoms with Crippen molar-refractivity contribution in [2.24, 2.45) is 0 Å². The molecule has 0 unspecified atom stereocenters. The summed E-state index contributed by atoms with van der Waals surface area (Å²) in [4.78, 5) is 11.5. The maximum absolute atomic E-state index is 11.5. The van der Waals surface area contributed by atoms with Crippen molar-refractivity contribution in [3.63, 3.8) is 0 Å². The first kappa shape index (κ1) is 28.1. The second-order valence-electron chi connectivity index (χ2n) is 11.1. The quantitative estimate of drug-likeness (QED) is 0.196. The Hall–Kier alpha value is -3.04. The molecule has 0 amide bonds. The number of carboxylic acid groups (broad SMARTS) is 1. The van der Waals surface area contributed by atoms with E-state index in [9.17, 15) is 15.0 Å². The fraction of sp³-hybridized carbons (Fsp3) is 0.367. The van der Waals surface area contributed by atoms with Gasteiger partial charge in [-0.2, -0.15) is 5.10 Å². The van der Waals surface area contributed by atoms with Crippen LogP contribution >= 0.6 is 34.8 Å². The van der Waals surface area contributed by atoms with E-state index in [1.165, 1.54) is 0 Å². The standard InChI is InChI=1S/C30H28Cl3N3O5/c1-15(2)36-25(11-24(34-36)29(37)38)17-12-30(39,13-17)20-9-8-18(10-23(20)33)40-14-19-27(35-41-28(19)16-6-7-16)26-21(31)4-3-5-22(26)32/h3-5,8-11,15-17,39H,6-7,12-14H2,1-2H3,(H,37,38)/t17-,30-. The van der Waals surface area contributed by atoms with Crippen LogP contribution in [0.3, 0.4) is 0 Å². The van der Waals surface area contributed by atoms with Crippen LogP contribution in [0.5, 0.6) is 5.75 Å². The number of halogens is 3. The van der Waals surface area contributed by atoms with Gasteiger partial charge in [-0.25, -0.2) is 4.79 Å². The summed E-state index contributed by atoms with van der Waals surface area (Å²) in [5.74, 6) is 0.485. The van der Waals surface area contributed by atoms with Crippen molar-refractivity contribution in [3.8, 4) is 17.0 Å². The van der Waals surface area contributed by atoms with Crippen molar-refractivity contribution in [2.75, 3.05) is 0 Å². The monoisotopic (exact) mass is 615 g/mol. The summed E-state index contributed by atoms with van der Waals surface area (Å²) < 4.78 is 13.6. The van der Waals surface area contributed by atoms with E-state index in [4.69, 9.17) is 44.1 Å². The van der Waals surface area contributed by atoms with Crippen LogP contribution in [0, 0.1) is 0 Å². The van der Waals surface area contributed by atoms with Crippen molar-refractivity contribution in [2.45, 2.75) is 69.6 Å². The molecule has 11 heteroatoms. The van der Waals surface area contributed by atoms with Crippen LogP contribution in [-0.2, 0) is 12.2 Å². The highest BCUT2D eigenvalue weighted by atomic mass is 35.5. The average Bonchev–Trinajstić information content (AvgIpc) is 3.50. The predicted molar refractivity (Wildman–Crippen MR) is 155 cm³/mol. The number of hydrogen-bond acceptors (Lipinski definition) is 6. The van der Waals surface area contributed by atoms with Crippen molar-refractivity contribution in [3.05, 3.63) is 85.8 Å². The second kappa shape index (κ2) is 10.7. The molecule has 2 fully saturated rings. The van der Waals surface area contributed by atoms with E-state index in [1.54, 1.807) is 47.1 Å². The molecule has 2 heterocycles. The van der Waals surface area contributed by atoms with Gasteiger partial charge in [-0.1, -0.05) is 52.1 Å². The molecule has 0 aliphatic heterocycles. The minimum absolute atomic E-state index is 0.00121. The number of carbonyl (C=O) groups is 1. The molecule has 4 aromatic rings. The molecule has 6 rings (SSSR count). The zero-order chi connectivity index (χ0) is 29.1. The van der Waals surface area contributed by atoms with E-state index < -0.39 is 11.6 Å². The molecular weight excluding hydrogens is 589 g/mol. The van der Waals surface area contributed by atoms with Crippen molar-refractivity contribution in [1.82, 2.24) is 14.9 Å². The summed E-state index contributed by atoms with van der Waals surface area (Å²) in [6.45, 7) is 4.07. The van der Waals surface area contributed by atoms with Gasteiger partial charge in [0.15, 0.2) is 5.69 Å². The molecule has 2 saturated carbocycles. The third kappa shape index (κ3) is 5.23. The smallest absolute Gasteiger partial charge is 0.356 e. The first-order valence-electron chi connectivity index (χ1n) is 13.5. The van der Waals surface area contributed by atoms with Gasteiger partial charge >= 0.3 is 5.97 Å². The van der Waals surface area contributed by atoms with Gasteiger partial charge in [0.05, 0.1) is 26.2 Å². The minimum atomic E-state index is -1.14. The second-order valence-corrected chi connectivity index (χ2v) is 12.3. The Labute approximate surface area is 251 Å². The van der Waals surface area contributed by atoms with Gasteiger partial charge in [-0.3, -0.25) is 4.68 Å². The lowest BCUT2D eigenvalue weighted by atomic mass is 9.66. The zero-order valence-corrected chi connectivity index (χ0v) is 24.7. The summed E-state index contributed by atoms with van der Waals surface area (Å²) in [7, 11) is 0. The first-order valence-corrected chi connectivity index (χ1v) is 14.6. The predicted octanol–water partition coefficient (Wildman–Crippen LogP) is 8.00. The number of carboxylic acids is 1. The van der Waals surface area contributed by atoms with Gasteiger partial charge in [0.25, 0.3) is 0 Å². The van der Waals surface area contributed by atoms with Crippen LogP contribution in [0.2, 0.25) is 15.1 Å². The number of aliphatic hydroxyl groups is 1. The Morgan fingerprint density at radius 3 is 2.41 bits per heavy atom. The summed E-state index contributed by atoms with van der Waals surface area (Å²) in [6, 6.07) is 12.1. The van der Waals surface area contributed by atoms with E-state index >= 15 is 0 Å². The highest BCUT2D eigenvalue weighted by Crippen LogP contribution is 2.53. The third-order valence-electron chi connectivity index (χ3n) is 7.85. The SMILES string of the molecule is CC(C)n1nc(C(=O)O)cc1[C@H]1C[C@@](O)(c2ccc(OCc3c(-c4c(Cl)cccc4Cl)noc3C3CC3)cc2Cl)C1. The van der Waals surface area contributed by atoms with Crippen LogP contribution in [-0.4, -0.2) is 31.1 Å². The topological polar surface area (TPSA) is 111 Å². The van der Waals surface area contributed by atoms with Gasteiger partial charge in [0, 0.05) is 34.7 Å². The van der Waals surface area contributed by atoms with Crippen molar-refractivity contribution < 1.29 is 24.3 Å². The number of ether oxygens (including phenoxy) is 1. The molecule has 0 atom stereocenters. The Balaban J connectivity index is 1.20. The molecule has 0 spiro atoms. The summed E-state index contributed by atoms with van der Waals surface area (Å²) in [6.07, 6.45) is 2.84. The molecule has 41 heavy (non-hydrogen) atoms. The number of hydrogen-bond donors (Lipinski definition) is 2. The van der Waals surface area contributed by atoms with Crippen molar-refractivity contribution in [1.29, 1.82) is 0 Å². The van der Waals surface area contributed by atoms with Gasteiger partial charge in [-0.05, 0) is 69.9 Å². The highest BCUT2D eigenvalue weighted by molar-refractivity contribution is 6.39. The lowest BCUT2D eigenvalue weighted by Crippen LogP contribution is -2.41. The fourth-order valence-corrected chi connectivity index (χ4v) is 6.51. The Morgan fingerprint density at radius 2 is 1.80 bits per heavy atom. The molecule has 0 saturated heterocycles. The average molecular weight is 617 g/mol. The number of rotatable bonds is 9. The lowest BCUT2D eigenvalue weighted by molar-refractivity contribution is -0.0569. The van der Waals surface area contributed by atoms with Crippen molar-refractivity contribution >= 4 is 40.8 Å². The fourth-order valence-electron chi connectivity index (χ4n) is 5.58. The number of aromatic carboxylic acids is 1. The maximum atomic E-state index is 11.5. The molecule has 2 aliphatic rings. The third-order valence-corrected chi connectivity index (χ3v) is 8.79. The van der Waals surface area contributed by atoms with E-state index in [0.717, 1.165) is 29.9 Å². The lowest BCUT2D eigenvalue weighted by Gasteiger charge is -2.44. The Morgan fingerprint density at radius 1 is 1.10 bits per heavy atom. The number of benzene rings is 2. The van der Waals surface area contributed by atoms with E-state index in [0.29, 0.717) is 56.4 Å². The summed E-state index contributed by atoms with van der Waals surface area (Å²) in [5.41, 5.74) is 2.22. The van der Waals surface area contributed by atoms with Gasteiger partial charge in [0.2, 0.25) is 0 Å². The molecule has 0 bridgehead atoms. The van der Waals surface area contributed by atoms with Crippen LogP contribution < -0.4 is 4.74 Å². The number of nitrogens with zero attached hydrogens (tertiary/aromatic N) is 3. The molecule has 2 aromatic carbocycles. The van der Waals surface area contributed by atoms with Gasteiger partial charge < -0.3 is 19.5 Å². The molecule has 2 aromatic heterocycles. The van der Waals surface area contributed by atoms with Crippen LogP contribution in [0.15, 0.2) is 47.0 Å². The van der Waals surface area contributed by atoms with Gasteiger partial charge in [0.1, 0.15) is 23.8 Å². The molecule has 214 valence electrons. The van der Waals surface area contributed by atoms with Gasteiger partial charge in [-0.15, -0.1) is 0 Å².